The molecular weight excluding hydrogens is 553 g/mol. The Balaban J connectivity index is 0.000000643. The van der Waals surface area contributed by atoms with E-state index in [0.717, 1.165) is 24.2 Å². The van der Waals surface area contributed by atoms with Crippen molar-refractivity contribution in [2.24, 2.45) is 56.7 Å². The lowest BCUT2D eigenvalue weighted by molar-refractivity contribution is -0.0972. The second-order valence-corrected chi connectivity index (χ2v) is 18.2. The highest BCUT2D eigenvalue weighted by Gasteiger charge is 2.62. The highest BCUT2D eigenvalue weighted by Crippen LogP contribution is 2.71. The average Bonchev–Trinajstić information content (AvgIpc) is 2.98. The number of fused-ring (bicyclic) bond motifs is 5. The summed E-state index contributed by atoms with van der Waals surface area (Å²) >= 11 is 0. The van der Waals surface area contributed by atoms with Gasteiger partial charge in [-0.15, -0.1) is 13.2 Å². The van der Waals surface area contributed by atoms with Gasteiger partial charge in [0.2, 0.25) is 0 Å². The number of hydrogen-bond acceptors (Lipinski definition) is 0. The van der Waals surface area contributed by atoms with Crippen molar-refractivity contribution in [3.63, 3.8) is 0 Å². The smallest absolute Gasteiger partial charge is 0.0110 e. The van der Waals surface area contributed by atoms with Crippen molar-refractivity contribution in [2.75, 3.05) is 0 Å². The fourth-order valence-corrected chi connectivity index (χ4v) is 11.3. The molecule has 0 bridgehead atoms. The first-order valence-electron chi connectivity index (χ1n) is 19.8. The first-order chi connectivity index (χ1) is 21.5. The van der Waals surface area contributed by atoms with Gasteiger partial charge in [-0.1, -0.05) is 149 Å². The predicted molar refractivity (Wildman–Crippen MR) is 209 cm³/mol. The van der Waals surface area contributed by atoms with Crippen LogP contribution in [-0.2, 0) is 0 Å². The molecule has 0 N–H and O–H groups in total. The largest absolute Gasteiger partial charge is 0.103 e. The Morgan fingerprint density at radius 1 is 0.935 bits per heavy atom. The van der Waals surface area contributed by atoms with Crippen LogP contribution in [-0.4, -0.2) is 0 Å². The molecule has 7 unspecified atom stereocenters. The maximum Gasteiger partial charge on any atom is 0.0110 e. The Labute approximate surface area is 290 Å². The summed E-state index contributed by atoms with van der Waals surface area (Å²) in [6.07, 6.45) is 27.1. The van der Waals surface area contributed by atoms with Gasteiger partial charge in [0.1, 0.15) is 0 Å². The number of rotatable bonds is 10. The molecule has 0 nitrogen and oxygen atoms in total. The molecule has 4 aliphatic rings. The van der Waals surface area contributed by atoms with Crippen LogP contribution in [0.3, 0.4) is 0 Å². The van der Waals surface area contributed by atoms with E-state index >= 15 is 0 Å². The van der Waals surface area contributed by atoms with Crippen molar-refractivity contribution in [3.8, 4) is 0 Å². The third-order valence-electron chi connectivity index (χ3n) is 13.5. The van der Waals surface area contributed by atoms with Gasteiger partial charge in [0.05, 0.1) is 0 Å². The van der Waals surface area contributed by atoms with Crippen molar-refractivity contribution in [1.29, 1.82) is 0 Å². The van der Waals surface area contributed by atoms with Crippen LogP contribution in [0.1, 0.15) is 173 Å². The van der Waals surface area contributed by atoms with Gasteiger partial charge >= 0.3 is 0 Å². The Morgan fingerprint density at radius 2 is 1.54 bits per heavy atom. The van der Waals surface area contributed by atoms with Crippen molar-refractivity contribution in [2.45, 2.75) is 173 Å². The number of allylic oxidation sites excluding steroid dienone is 7. The van der Waals surface area contributed by atoms with E-state index in [1.54, 1.807) is 5.57 Å². The summed E-state index contributed by atoms with van der Waals surface area (Å²) in [5.74, 6) is 3.64. The van der Waals surface area contributed by atoms with Crippen molar-refractivity contribution in [3.05, 3.63) is 60.8 Å². The predicted octanol–water partition coefficient (Wildman–Crippen LogP) is 15.1. The van der Waals surface area contributed by atoms with E-state index in [2.05, 4.69) is 114 Å². The van der Waals surface area contributed by atoms with E-state index in [0.29, 0.717) is 22.7 Å². The van der Waals surface area contributed by atoms with E-state index in [4.69, 9.17) is 6.58 Å². The lowest BCUT2D eigenvalue weighted by atomic mass is 9.38. The van der Waals surface area contributed by atoms with Crippen LogP contribution in [0.25, 0.3) is 0 Å². The highest BCUT2D eigenvalue weighted by molar-refractivity contribution is 5.44. The summed E-state index contributed by atoms with van der Waals surface area (Å²) in [7, 11) is 0. The molecule has 0 aromatic heterocycles. The molecule has 0 aromatic carbocycles. The van der Waals surface area contributed by atoms with E-state index in [1.807, 2.05) is 13.8 Å². The summed E-state index contributed by atoms with van der Waals surface area (Å²) in [4.78, 5) is 0. The van der Waals surface area contributed by atoms with Gasteiger partial charge in [-0.05, 0) is 123 Å². The highest BCUT2D eigenvalue weighted by atomic mass is 14.7. The average molecular weight is 633 g/mol. The second-order valence-electron chi connectivity index (χ2n) is 18.2. The molecule has 0 radical (unpaired) electrons. The monoisotopic (exact) mass is 633 g/mol. The van der Waals surface area contributed by atoms with Crippen LogP contribution in [0.2, 0.25) is 0 Å². The normalized spacial score (nSPS) is 34.7. The Bertz CT molecular complexity index is 1070. The second kappa shape index (κ2) is 16.4. The fraction of sp³-hybridized carbons (Fsp3) is 0.783. The van der Waals surface area contributed by atoms with Crippen LogP contribution in [0, 0.1) is 56.7 Å². The zero-order chi connectivity index (χ0) is 35.1. The molecule has 264 valence electrons. The molecule has 0 aromatic rings. The van der Waals surface area contributed by atoms with Crippen LogP contribution in [0.4, 0.5) is 0 Å². The standard InChI is InChI=1S/C36H56.C8H18.C2H6/c1-12-14-17-36-19-15-27-31(28(36)24-32(6,7)20-21-36)26(5)22-30-34(27,10)18-16-29(33(8,9)13-2)35(30,11)23-25(3)4;1-4-6-8(3)7-5-2;1-2/h12-13,22-23,27-29,31H,1-2,5,14-21,24H2,3-4,6-11H3;8H,4-7H2,1-3H3;1-2H3. The quantitative estimate of drug-likeness (QED) is 0.210. The maximum atomic E-state index is 4.89. The summed E-state index contributed by atoms with van der Waals surface area (Å²) in [5, 5.41) is 0. The topological polar surface area (TPSA) is 0 Å². The Hall–Kier alpha value is -1.30. The molecule has 4 aliphatic carbocycles. The van der Waals surface area contributed by atoms with Crippen molar-refractivity contribution >= 4 is 0 Å². The third-order valence-corrected chi connectivity index (χ3v) is 13.5. The molecule has 0 amide bonds. The summed E-state index contributed by atoms with van der Waals surface area (Å²) in [5.41, 5.74) is 5.89. The zero-order valence-electron chi connectivity index (χ0n) is 33.5. The molecule has 7 atom stereocenters. The van der Waals surface area contributed by atoms with Crippen molar-refractivity contribution < 1.29 is 0 Å². The molecule has 0 spiro atoms. The van der Waals surface area contributed by atoms with Crippen LogP contribution in [0.15, 0.2) is 60.8 Å². The molecular formula is C46H80. The van der Waals surface area contributed by atoms with Gasteiger partial charge in [0.25, 0.3) is 0 Å². The summed E-state index contributed by atoms with van der Waals surface area (Å²) in [6.45, 7) is 43.8. The molecule has 0 aliphatic heterocycles. The lowest BCUT2D eigenvalue weighted by Gasteiger charge is -2.66. The summed E-state index contributed by atoms with van der Waals surface area (Å²) in [6, 6.07) is 0. The third kappa shape index (κ3) is 8.46. The minimum Gasteiger partial charge on any atom is -0.103 e. The van der Waals surface area contributed by atoms with Crippen LogP contribution < -0.4 is 0 Å². The van der Waals surface area contributed by atoms with Gasteiger partial charge in [0, 0.05) is 5.41 Å². The zero-order valence-corrected chi connectivity index (χ0v) is 33.5. The summed E-state index contributed by atoms with van der Waals surface area (Å²) < 4.78 is 0. The molecule has 4 rings (SSSR count). The van der Waals surface area contributed by atoms with E-state index < -0.39 is 0 Å². The van der Waals surface area contributed by atoms with Gasteiger partial charge in [-0.3, -0.25) is 0 Å². The Morgan fingerprint density at radius 3 is 2.07 bits per heavy atom. The fourth-order valence-electron chi connectivity index (χ4n) is 11.3. The van der Waals surface area contributed by atoms with Crippen LogP contribution in [0.5, 0.6) is 0 Å². The molecule has 0 heteroatoms. The molecule has 46 heavy (non-hydrogen) atoms. The van der Waals surface area contributed by atoms with Crippen LogP contribution >= 0.6 is 0 Å². The SMILES string of the molecule is C=CCCC12CCC3C(C(=C)C=C4C(C)(C=C(C)C)C(C(C)(C)C=C)CCC43C)C1CC(C)(C)CC2.CC.CCCC(C)CCC. The van der Waals surface area contributed by atoms with Gasteiger partial charge in [-0.25, -0.2) is 0 Å². The minimum atomic E-state index is 0.0423. The van der Waals surface area contributed by atoms with E-state index in [-0.39, 0.29) is 16.2 Å². The minimum absolute atomic E-state index is 0.0423. The first-order valence-corrected chi connectivity index (χ1v) is 19.8. The lowest BCUT2D eigenvalue weighted by Crippen LogP contribution is -2.57. The molecule has 0 heterocycles. The van der Waals surface area contributed by atoms with Gasteiger partial charge in [0.15, 0.2) is 0 Å². The first kappa shape index (κ1) is 40.9. The Kier molecular flexibility index (Phi) is 14.6. The van der Waals surface area contributed by atoms with E-state index in [9.17, 15) is 0 Å². The maximum absolute atomic E-state index is 4.89. The molecule has 3 fully saturated rings. The van der Waals surface area contributed by atoms with Gasteiger partial charge in [-0.2, -0.15) is 0 Å². The number of hydrogen-bond donors (Lipinski definition) is 0. The van der Waals surface area contributed by atoms with Gasteiger partial charge < -0.3 is 0 Å². The molecule has 0 saturated heterocycles. The molecule has 3 saturated carbocycles. The van der Waals surface area contributed by atoms with E-state index in [1.165, 1.54) is 88.2 Å². The van der Waals surface area contributed by atoms with Crippen molar-refractivity contribution in [1.82, 2.24) is 0 Å².